The molecule has 0 radical (unpaired) electrons. The molecule has 0 bridgehead atoms. The van der Waals surface area contributed by atoms with Gasteiger partial charge in [-0.2, -0.15) is 0 Å². The van der Waals surface area contributed by atoms with Gasteiger partial charge in [-0.1, -0.05) is 12.5 Å². The summed E-state index contributed by atoms with van der Waals surface area (Å²) in [5.74, 6) is 0. The van der Waals surface area contributed by atoms with Crippen LogP contribution in [0, 0.1) is 0 Å². The average molecular weight is 199 g/mol. The van der Waals surface area contributed by atoms with E-state index in [1.54, 1.807) is 0 Å². The monoisotopic (exact) mass is 199 g/mol. The number of hydrogen-bond acceptors (Lipinski definition) is 2. The van der Waals surface area contributed by atoms with E-state index in [-0.39, 0.29) is 5.54 Å². The fourth-order valence-electron chi connectivity index (χ4n) is 0.935. The number of hydrogen-bond donors (Lipinski definition) is 1. The molecule has 14 heavy (non-hydrogen) atoms. The van der Waals surface area contributed by atoms with E-state index in [9.17, 15) is 0 Å². The topological polar surface area (TPSA) is 21.3 Å². The summed E-state index contributed by atoms with van der Waals surface area (Å²) in [7, 11) is 0. The lowest BCUT2D eigenvalue weighted by Crippen LogP contribution is -2.40. The van der Waals surface area contributed by atoms with Gasteiger partial charge in [-0.3, -0.25) is 0 Å². The Morgan fingerprint density at radius 1 is 1.36 bits per heavy atom. The number of nitrogens with one attached hydrogen (secondary N) is 1. The standard InChI is InChI=1S/C12H25NO/c1-6-12(4,5)13-8-10-14-9-7-11(2)3/h13H,2,6-10H2,1,3-5H3. The highest BCUT2D eigenvalue weighted by Crippen LogP contribution is 2.05. The van der Waals surface area contributed by atoms with Gasteiger partial charge in [-0.25, -0.2) is 0 Å². The fourth-order valence-corrected chi connectivity index (χ4v) is 0.935. The van der Waals surface area contributed by atoms with Gasteiger partial charge in [0.2, 0.25) is 0 Å². The van der Waals surface area contributed by atoms with Crippen molar-refractivity contribution in [3.05, 3.63) is 12.2 Å². The Labute approximate surface area is 88.7 Å². The van der Waals surface area contributed by atoms with Gasteiger partial charge in [-0.15, -0.1) is 6.58 Å². The Morgan fingerprint density at radius 3 is 2.50 bits per heavy atom. The normalized spacial score (nSPS) is 11.7. The second-order valence-electron chi connectivity index (χ2n) is 4.48. The molecule has 2 nitrogen and oxygen atoms in total. The molecule has 1 N–H and O–H groups in total. The number of rotatable bonds is 8. The van der Waals surface area contributed by atoms with Crippen LogP contribution in [0.3, 0.4) is 0 Å². The zero-order chi connectivity index (χ0) is 11.0. The highest BCUT2D eigenvalue weighted by Gasteiger charge is 2.12. The van der Waals surface area contributed by atoms with Crippen molar-refractivity contribution >= 4 is 0 Å². The predicted molar refractivity (Wildman–Crippen MR) is 62.6 cm³/mol. The highest BCUT2D eigenvalue weighted by molar-refractivity contribution is 4.87. The maximum absolute atomic E-state index is 5.46. The molecule has 0 fully saturated rings. The van der Waals surface area contributed by atoms with E-state index in [1.807, 2.05) is 6.92 Å². The van der Waals surface area contributed by atoms with E-state index in [0.29, 0.717) is 0 Å². The summed E-state index contributed by atoms with van der Waals surface area (Å²) in [4.78, 5) is 0. The van der Waals surface area contributed by atoms with Gasteiger partial charge in [0.1, 0.15) is 0 Å². The van der Waals surface area contributed by atoms with Crippen molar-refractivity contribution < 1.29 is 4.74 Å². The quantitative estimate of drug-likeness (QED) is 0.479. The zero-order valence-electron chi connectivity index (χ0n) is 10.2. The first kappa shape index (κ1) is 13.7. The molecule has 0 aliphatic rings. The van der Waals surface area contributed by atoms with Gasteiger partial charge < -0.3 is 10.1 Å². The van der Waals surface area contributed by atoms with Crippen molar-refractivity contribution in [2.75, 3.05) is 19.8 Å². The maximum atomic E-state index is 5.46. The molecule has 0 aliphatic carbocycles. The first-order valence-electron chi connectivity index (χ1n) is 5.45. The Morgan fingerprint density at radius 2 is 2.00 bits per heavy atom. The third-order valence-corrected chi connectivity index (χ3v) is 2.41. The van der Waals surface area contributed by atoms with Gasteiger partial charge in [0.05, 0.1) is 13.2 Å². The molecular formula is C12H25NO. The van der Waals surface area contributed by atoms with E-state index < -0.39 is 0 Å². The summed E-state index contributed by atoms with van der Waals surface area (Å²) < 4.78 is 5.46. The van der Waals surface area contributed by atoms with Gasteiger partial charge in [0, 0.05) is 12.1 Å². The molecule has 2 heteroatoms. The number of ether oxygens (including phenoxy) is 1. The average Bonchev–Trinajstić information content (AvgIpc) is 2.10. The van der Waals surface area contributed by atoms with Gasteiger partial charge in [-0.05, 0) is 33.6 Å². The third kappa shape index (κ3) is 8.27. The molecule has 0 aromatic rings. The molecule has 0 saturated heterocycles. The van der Waals surface area contributed by atoms with Crippen LogP contribution in [0.25, 0.3) is 0 Å². The molecule has 0 heterocycles. The van der Waals surface area contributed by atoms with E-state index in [2.05, 4.69) is 32.7 Å². The fraction of sp³-hybridized carbons (Fsp3) is 0.833. The van der Waals surface area contributed by atoms with Crippen molar-refractivity contribution in [1.29, 1.82) is 0 Å². The summed E-state index contributed by atoms with van der Waals surface area (Å²) in [5.41, 5.74) is 1.42. The van der Waals surface area contributed by atoms with Crippen LogP contribution in [0.2, 0.25) is 0 Å². The van der Waals surface area contributed by atoms with Crippen LogP contribution in [0.5, 0.6) is 0 Å². The van der Waals surface area contributed by atoms with E-state index in [1.165, 1.54) is 5.57 Å². The van der Waals surface area contributed by atoms with E-state index in [0.717, 1.165) is 32.6 Å². The van der Waals surface area contributed by atoms with Crippen molar-refractivity contribution in [3.8, 4) is 0 Å². The lowest BCUT2D eigenvalue weighted by Gasteiger charge is -2.24. The second-order valence-corrected chi connectivity index (χ2v) is 4.48. The lowest BCUT2D eigenvalue weighted by molar-refractivity contribution is 0.132. The summed E-state index contributed by atoms with van der Waals surface area (Å²) in [6.07, 6.45) is 2.11. The smallest absolute Gasteiger partial charge is 0.0591 e. The molecule has 0 rings (SSSR count). The largest absolute Gasteiger partial charge is 0.380 e. The van der Waals surface area contributed by atoms with Crippen LogP contribution in [-0.4, -0.2) is 25.3 Å². The minimum absolute atomic E-state index is 0.234. The van der Waals surface area contributed by atoms with E-state index >= 15 is 0 Å². The Balaban J connectivity index is 3.25. The molecule has 0 atom stereocenters. The molecule has 0 aromatic carbocycles. The lowest BCUT2D eigenvalue weighted by atomic mass is 10.0. The van der Waals surface area contributed by atoms with Crippen LogP contribution in [0.15, 0.2) is 12.2 Å². The van der Waals surface area contributed by atoms with Crippen LogP contribution in [0.4, 0.5) is 0 Å². The summed E-state index contributed by atoms with van der Waals surface area (Å²) in [6.45, 7) is 15.0. The van der Waals surface area contributed by atoms with Crippen LogP contribution >= 0.6 is 0 Å². The molecule has 0 unspecified atom stereocenters. The summed E-state index contributed by atoms with van der Waals surface area (Å²) >= 11 is 0. The van der Waals surface area contributed by atoms with Gasteiger partial charge >= 0.3 is 0 Å². The van der Waals surface area contributed by atoms with Crippen LogP contribution in [0.1, 0.15) is 40.5 Å². The molecule has 0 amide bonds. The van der Waals surface area contributed by atoms with E-state index in [4.69, 9.17) is 4.74 Å². The molecule has 0 aliphatic heterocycles. The van der Waals surface area contributed by atoms with Crippen molar-refractivity contribution in [2.45, 2.75) is 46.1 Å². The summed E-state index contributed by atoms with van der Waals surface area (Å²) in [5, 5.41) is 3.45. The molecule has 0 spiro atoms. The van der Waals surface area contributed by atoms with Crippen molar-refractivity contribution in [1.82, 2.24) is 5.32 Å². The molecule has 84 valence electrons. The van der Waals surface area contributed by atoms with Crippen LogP contribution in [-0.2, 0) is 4.74 Å². The maximum Gasteiger partial charge on any atom is 0.0591 e. The third-order valence-electron chi connectivity index (χ3n) is 2.41. The molecule has 0 saturated carbocycles. The SMILES string of the molecule is C=C(C)CCOCCNC(C)(C)CC. The Bertz CT molecular complexity index is 164. The van der Waals surface area contributed by atoms with Gasteiger partial charge in [0.15, 0.2) is 0 Å². The Hall–Kier alpha value is -0.340. The molecule has 0 aromatic heterocycles. The van der Waals surface area contributed by atoms with Gasteiger partial charge in [0.25, 0.3) is 0 Å². The minimum Gasteiger partial charge on any atom is -0.380 e. The Kier molecular flexibility index (Phi) is 6.85. The van der Waals surface area contributed by atoms with Crippen molar-refractivity contribution in [3.63, 3.8) is 0 Å². The first-order valence-corrected chi connectivity index (χ1v) is 5.45. The molecular weight excluding hydrogens is 174 g/mol. The second kappa shape index (κ2) is 7.02. The van der Waals surface area contributed by atoms with Crippen LogP contribution < -0.4 is 5.32 Å². The highest BCUT2D eigenvalue weighted by atomic mass is 16.5. The zero-order valence-corrected chi connectivity index (χ0v) is 10.2. The first-order chi connectivity index (χ1) is 6.48. The summed E-state index contributed by atoms with van der Waals surface area (Å²) in [6, 6.07) is 0. The predicted octanol–water partition coefficient (Wildman–Crippen LogP) is 2.75. The van der Waals surface area contributed by atoms with Crippen molar-refractivity contribution in [2.24, 2.45) is 0 Å². The minimum atomic E-state index is 0.234.